The van der Waals surface area contributed by atoms with Crippen molar-refractivity contribution < 1.29 is 17.9 Å². The summed E-state index contributed by atoms with van der Waals surface area (Å²) in [7, 11) is -3.46. The van der Waals surface area contributed by atoms with Gasteiger partial charge in [0.25, 0.3) is 0 Å². The molecule has 0 bridgehead atoms. The summed E-state index contributed by atoms with van der Waals surface area (Å²) < 4.78 is 32.6. The fourth-order valence-corrected chi connectivity index (χ4v) is 4.98. The second-order valence-corrected chi connectivity index (χ2v) is 9.29. The molecule has 1 amide bonds. The van der Waals surface area contributed by atoms with Crippen molar-refractivity contribution in [2.24, 2.45) is 0 Å². The lowest BCUT2D eigenvalue weighted by Crippen LogP contribution is -2.35. The van der Waals surface area contributed by atoms with Gasteiger partial charge in [-0.15, -0.1) is 0 Å². The number of nitrogens with zero attached hydrogens (tertiary/aromatic N) is 1. The first-order chi connectivity index (χ1) is 13.9. The Kier molecular flexibility index (Phi) is 6.92. The quantitative estimate of drug-likeness (QED) is 0.743. The first kappa shape index (κ1) is 21.3. The van der Waals surface area contributed by atoms with Crippen LogP contribution in [0.1, 0.15) is 36.8 Å². The van der Waals surface area contributed by atoms with Gasteiger partial charge in [0.15, 0.2) is 0 Å². The molecule has 0 saturated carbocycles. The Morgan fingerprint density at radius 2 is 1.62 bits per heavy atom. The Hall–Kier alpha value is -2.38. The van der Waals surface area contributed by atoms with E-state index in [0.29, 0.717) is 18.8 Å². The molecule has 0 aromatic heterocycles. The summed E-state index contributed by atoms with van der Waals surface area (Å²) in [6, 6.07) is 12.3. The molecule has 0 aliphatic carbocycles. The number of hydrogen-bond donors (Lipinski definition) is 1. The van der Waals surface area contributed by atoms with Crippen LogP contribution in [0, 0.1) is 13.8 Å². The van der Waals surface area contributed by atoms with Crippen molar-refractivity contribution in [1.82, 2.24) is 4.31 Å². The van der Waals surface area contributed by atoms with Gasteiger partial charge < -0.3 is 10.1 Å². The van der Waals surface area contributed by atoms with Gasteiger partial charge in [-0.05, 0) is 62.1 Å². The van der Waals surface area contributed by atoms with Crippen molar-refractivity contribution >= 4 is 21.6 Å². The van der Waals surface area contributed by atoms with Crippen molar-refractivity contribution in [2.75, 3.05) is 25.0 Å². The molecule has 1 saturated heterocycles. The molecule has 2 aromatic carbocycles. The molecule has 6 nitrogen and oxygen atoms in total. The molecule has 1 aliphatic heterocycles. The summed E-state index contributed by atoms with van der Waals surface area (Å²) in [4.78, 5) is 12.4. The highest BCUT2D eigenvalue weighted by atomic mass is 32.2. The van der Waals surface area contributed by atoms with Gasteiger partial charge in [0.1, 0.15) is 5.75 Å². The molecule has 1 aliphatic rings. The number of para-hydroxylation sites is 1. The minimum atomic E-state index is -3.46. The number of carbonyl (C=O) groups excluding carboxylic acids is 1. The fraction of sp³-hybridized carbons (Fsp3) is 0.409. The number of carbonyl (C=O) groups is 1. The summed E-state index contributed by atoms with van der Waals surface area (Å²) in [6.07, 6.45) is 3.08. The largest absolute Gasteiger partial charge is 0.493 e. The predicted octanol–water partition coefficient (Wildman–Crippen LogP) is 3.89. The fourth-order valence-electron chi connectivity index (χ4n) is 3.46. The zero-order chi connectivity index (χ0) is 20.9. The number of ether oxygens (including phenoxy) is 1. The lowest BCUT2D eigenvalue weighted by Gasteiger charge is -2.25. The molecule has 0 unspecified atom stereocenters. The SMILES string of the molecule is Cc1cccc(C)c1OCCC(=O)Nc1ccc(S(=O)(=O)N2CCCCC2)cc1. The summed E-state index contributed by atoms with van der Waals surface area (Å²) in [5.41, 5.74) is 2.64. The third kappa shape index (κ3) is 5.36. The highest BCUT2D eigenvalue weighted by Crippen LogP contribution is 2.23. The number of anilines is 1. The molecule has 1 fully saturated rings. The molecule has 0 radical (unpaired) electrons. The van der Waals surface area contributed by atoms with Crippen LogP contribution >= 0.6 is 0 Å². The Bertz CT molecular complexity index is 929. The second-order valence-electron chi connectivity index (χ2n) is 7.36. The van der Waals surface area contributed by atoms with Gasteiger partial charge in [0.2, 0.25) is 15.9 Å². The van der Waals surface area contributed by atoms with E-state index in [2.05, 4.69) is 5.32 Å². The number of amides is 1. The van der Waals surface area contributed by atoms with Crippen molar-refractivity contribution in [2.45, 2.75) is 44.4 Å². The Balaban J connectivity index is 1.53. The topological polar surface area (TPSA) is 75.7 Å². The zero-order valence-corrected chi connectivity index (χ0v) is 17.8. The third-order valence-corrected chi connectivity index (χ3v) is 6.99. The van der Waals surface area contributed by atoms with E-state index in [-0.39, 0.29) is 23.8 Å². The summed E-state index contributed by atoms with van der Waals surface area (Å²) in [5, 5.41) is 2.79. The average molecular weight is 417 g/mol. The highest BCUT2D eigenvalue weighted by molar-refractivity contribution is 7.89. The van der Waals surface area contributed by atoms with E-state index < -0.39 is 10.0 Å². The third-order valence-electron chi connectivity index (χ3n) is 5.08. The average Bonchev–Trinajstić information content (AvgIpc) is 2.71. The lowest BCUT2D eigenvalue weighted by molar-refractivity contribution is -0.116. The molecule has 1 N–H and O–H groups in total. The molecule has 0 atom stereocenters. The van der Waals surface area contributed by atoms with Gasteiger partial charge in [-0.1, -0.05) is 24.6 Å². The van der Waals surface area contributed by atoms with Crippen molar-refractivity contribution in [3.05, 3.63) is 53.6 Å². The highest BCUT2D eigenvalue weighted by Gasteiger charge is 2.25. The van der Waals surface area contributed by atoms with Crippen molar-refractivity contribution in [1.29, 1.82) is 0 Å². The zero-order valence-electron chi connectivity index (χ0n) is 17.0. The molecule has 7 heteroatoms. The second kappa shape index (κ2) is 9.41. The van der Waals surface area contributed by atoms with E-state index in [9.17, 15) is 13.2 Å². The van der Waals surface area contributed by atoms with Crippen LogP contribution in [-0.4, -0.2) is 38.3 Å². The molecular weight excluding hydrogens is 388 g/mol. The van der Waals surface area contributed by atoms with E-state index in [1.54, 1.807) is 24.3 Å². The molecule has 3 rings (SSSR count). The van der Waals surface area contributed by atoms with E-state index in [0.717, 1.165) is 36.1 Å². The molecular formula is C22H28N2O4S. The van der Waals surface area contributed by atoms with Crippen molar-refractivity contribution in [3.63, 3.8) is 0 Å². The maximum atomic E-state index is 12.7. The monoisotopic (exact) mass is 416 g/mol. The van der Waals surface area contributed by atoms with Gasteiger partial charge in [-0.2, -0.15) is 4.31 Å². The van der Waals surface area contributed by atoms with Gasteiger partial charge >= 0.3 is 0 Å². The molecule has 0 spiro atoms. The Morgan fingerprint density at radius 3 is 2.24 bits per heavy atom. The van der Waals surface area contributed by atoms with Crippen LogP contribution in [0.3, 0.4) is 0 Å². The number of hydrogen-bond acceptors (Lipinski definition) is 4. The van der Waals surface area contributed by atoms with E-state index in [4.69, 9.17) is 4.74 Å². The minimum Gasteiger partial charge on any atom is -0.493 e. The first-order valence-electron chi connectivity index (χ1n) is 9.97. The molecule has 2 aromatic rings. The van der Waals surface area contributed by atoms with Gasteiger partial charge in [0, 0.05) is 18.8 Å². The van der Waals surface area contributed by atoms with E-state index >= 15 is 0 Å². The number of rotatable bonds is 7. The maximum absolute atomic E-state index is 12.7. The van der Waals surface area contributed by atoms with Crippen LogP contribution in [-0.2, 0) is 14.8 Å². The normalized spacial score (nSPS) is 15.1. The van der Waals surface area contributed by atoms with Gasteiger partial charge in [-0.25, -0.2) is 8.42 Å². The van der Waals surface area contributed by atoms with Crippen LogP contribution in [0.5, 0.6) is 5.75 Å². The van der Waals surface area contributed by atoms with Crippen molar-refractivity contribution in [3.8, 4) is 5.75 Å². The number of aryl methyl sites for hydroxylation is 2. The van der Waals surface area contributed by atoms with Crippen LogP contribution < -0.4 is 10.1 Å². The molecule has 1 heterocycles. The number of sulfonamides is 1. The van der Waals surface area contributed by atoms with Crippen LogP contribution in [0.4, 0.5) is 5.69 Å². The van der Waals surface area contributed by atoms with Crippen LogP contribution in [0.15, 0.2) is 47.4 Å². The number of nitrogens with one attached hydrogen (secondary N) is 1. The van der Waals surface area contributed by atoms with Gasteiger partial charge in [-0.3, -0.25) is 4.79 Å². The summed E-state index contributed by atoms with van der Waals surface area (Å²) in [6.45, 7) is 5.37. The van der Waals surface area contributed by atoms with Gasteiger partial charge in [0.05, 0.1) is 17.9 Å². The number of benzene rings is 2. The van der Waals surface area contributed by atoms with Crippen LogP contribution in [0.2, 0.25) is 0 Å². The first-order valence-corrected chi connectivity index (χ1v) is 11.4. The van der Waals surface area contributed by atoms with Crippen LogP contribution in [0.25, 0.3) is 0 Å². The number of piperidine rings is 1. The molecule has 29 heavy (non-hydrogen) atoms. The minimum absolute atomic E-state index is 0.178. The predicted molar refractivity (Wildman–Crippen MR) is 114 cm³/mol. The lowest BCUT2D eigenvalue weighted by atomic mass is 10.1. The van der Waals surface area contributed by atoms with E-state index in [1.165, 1.54) is 4.31 Å². The maximum Gasteiger partial charge on any atom is 0.243 e. The molecule has 156 valence electrons. The smallest absolute Gasteiger partial charge is 0.243 e. The Morgan fingerprint density at radius 1 is 1.00 bits per heavy atom. The van der Waals surface area contributed by atoms with E-state index in [1.807, 2.05) is 32.0 Å². The standard InChI is InChI=1S/C22H28N2O4S/c1-17-7-6-8-18(2)22(17)28-16-13-21(25)23-19-9-11-20(12-10-19)29(26,27)24-14-4-3-5-15-24/h6-12H,3-5,13-16H2,1-2H3,(H,23,25). The summed E-state index contributed by atoms with van der Waals surface area (Å²) >= 11 is 0. The Labute approximate surface area is 172 Å². The summed E-state index contributed by atoms with van der Waals surface area (Å²) in [5.74, 6) is 0.635.